The molecule has 1 saturated heterocycles. The smallest absolute Gasteiger partial charge is 0.234 e. The lowest BCUT2D eigenvalue weighted by atomic mass is 10.0. The highest BCUT2D eigenvalue weighted by Gasteiger charge is 2.24. The van der Waals surface area contributed by atoms with Crippen molar-refractivity contribution in [3.05, 3.63) is 65.5 Å². The van der Waals surface area contributed by atoms with Gasteiger partial charge in [0.25, 0.3) is 0 Å². The molecule has 2 aromatic rings. The maximum Gasteiger partial charge on any atom is 0.234 e. The van der Waals surface area contributed by atoms with Crippen molar-refractivity contribution in [2.45, 2.75) is 25.4 Å². The molecule has 0 bridgehead atoms. The Labute approximate surface area is 171 Å². The minimum Gasteiger partial charge on any atom is -0.493 e. The number of hydrogen-bond acceptors (Lipinski definition) is 4. The SMILES string of the molecule is O=C(CN1CCCN(Cc2ccc(F)cc2)CC1)NC1CCOc2ccccc21. The van der Waals surface area contributed by atoms with Gasteiger partial charge in [-0.25, -0.2) is 4.39 Å². The van der Waals surface area contributed by atoms with Gasteiger partial charge in [-0.05, 0) is 43.3 Å². The van der Waals surface area contributed by atoms with Crippen molar-refractivity contribution >= 4 is 5.91 Å². The second kappa shape index (κ2) is 9.37. The molecule has 2 aromatic carbocycles. The molecule has 154 valence electrons. The van der Waals surface area contributed by atoms with Crippen LogP contribution in [0.1, 0.15) is 30.0 Å². The molecule has 1 amide bonds. The molecule has 2 heterocycles. The van der Waals surface area contributed by atoms with Crippen molar-refractivity contribution in [2.75, 3.05) is 39.3 Å². The lowest BCUT2D eigenvalue weighted by molar-refractivity contribution is -0.123. The first-order valence-corrected chi connectivity index (χ1v) is 10.4. The van der Waals surface area contributed by atoms with Crippen LogP contribution in [0.2, 0.25) is 0 Å². The summed E-state index contributed by atoms with van der Waals surface area (Å²) in [5.74, 6) is 0.739. The van der Waals surface area contributed by atoms with Crippen molar-refractivity contribution < 1.29 is 13.9 Å². The van der Waals surface area contributed by atoms with Gasteiger partial charge >= 0.3 is 0 Å². The van der Waals surface area contributed by atoms with Crippen LogP contribution >= 0.6 is 0 Å². The predicted octanol–water partition coefficient (Wildman–Crippen LogP) is 2.97. The summed E-state index contributed by atoms with van der Waals surface area (Å²) in [4.78, 5) is 17.3. The largest absolute Gasteiger partial charge is 0.493 e. The Morgan fingerprint density at radius 2 is 1.79 bits per heavy atom. The first-order chi connectivity index (χ1) is 14.2. The topological polar surface area (TPSA) is 44.8 Å². The lowest BCUT2D eigenvalue weighted by Gasteiger charge is -2.28. The van der Waals surface area contributed by atoms with Crippen LogP contribution in [0.5, 0.6) is 5.75 Å². The summed E-state index contributed by atoms with van der Waals surface area (Å²) in [6.45, 7) is 5.54. The third-order valence-corrected chi connectivity index (χ3v) is 5.66. The van der Waals surface area contributed by atoms with Crippen LogP contribution in [-0.4, -0.2) is 55.0 Å². The zero-order valence-electron chi connectivity index (χ0n) is 16.6. The van der Waals surface area contributed by atoms with Crippen molar-refractivity contribution in [3.8, 4) is 5.75 Å². The Hall–Kier alpha value is -2.44. The van der Waals surface area contributed by atoms with Gasteiger partial charge in [0.1, 0.15) is 11.6 Å². The van der Waals surface area contributed by atoms with Crippen LogP contribution in [0.3, 0.4) is 0 Å². The van der Waals surface area contributed by atoms with Crippen LogP contribution in [0, 0.1) is 5.82 Å². The van der Waals surface area contributed by atoms with E-state index in [0.717, 1.165) is 62.4 Å². The van der Waals surface area contributed by atoms with E-state index in [1.54, 1.807) is 0 Å². The van der Waals surface area contributed by atoms with Crippen LogP contribution in [-0.2, 0) is 11.3 Å². The first kappa shape index (κ1) is 19.9. The molecule has 1 unspecified atom stereocenters. The molecule has 29 heavy (non-hydrogen) atoms. The monoisotopic (exact) mass is 397 g/mol. The standard InChI is InChI=1S/C23H28FN3O2/c24-19-8-6-18(7-9-19)16-26-11-3-12-27(14-13-26)17-23(28)25-21-10-15-29-22-5-2-1-4-20(21)22/h1-2,4-9,21H,3,10-17H2,(H,25,28). The van der Waals surface area contributed by atoms with Gasteiger partial charge in [-0.1, -0.05) is 30.3 Å². The first-order valence-electron chi connectivity index (χ1n) is 10.4. The molecule has 2 aliphatic heterocycles. The van der Waals surface area contributed by atoms with E-state index >= 15 is 0 Å². The summed E-state index contributed by atoms with van der Waals surface area (Å²) in [5.41, 5.74) is 2.18. The average Bonchev–Trinajstić information content (AvgIpc) is 2.95. The molecular weight excluding hydrogens is 369 g/mol. The summed E-state index contributed by atoms with van der Waals surface area (Å²) in [6, 6.07) is 14.7. The van der Waals surface area contributed by atoms with E-state index in [9.17, 15) is 9.18 Å². The minimum atomic E-state index is -0.200. The van der Waals surface area contributed by atoms with E-state index in [1.807, 2.05) is 36.4 Å². The number of fused-ring (bicyclic) bond motifs is 1. The van der Waals surface area contributed by atoms with E-state index in [0.29, 0.717) is 13.2 Å². The number of nitrogens with zero attached hydrogens (tertiary/aromatic N) is 2. The fourth-order valence-corrected chi connectivity index (χ4v) is 4.12. The number of hydrogen-bond donors (Lipinski definition) is 1. The van der Waals surface area contributed by atoms with Gasteiger partial charge in [-0.15, -0.1) is 0 Å². The van der Waals surface area contributed by atoms with E-state index in [-0.39, 0.29) is 17.8 Å². The molecular formula is C23H28FN3O2. The molecule has 6 heteroatoms. The normalized spacial score (nSPS) is 20.4. The van der Waals surface area contributed by atoms with Gasteiger partial charge in [0, 0.05) is 31.6 Å². The van der Waals surface area contributed by atoms with Crippen molar-refractivity contribution in [3.63, 3.8) is 0 Å². The summed E-state index contributed by atoms with van der Waals surface area (Å²) in [5, 5.41) is 3.19. The highest BCUT2D eigenvalue weighted by atomic mass is 19.1. The molecule has 5 nitrogen and oxygen atoms in total. The van der Waals surface area contributed by atoms with Gasteiger partial charge in [0.2, 0.25) is 5.91 Å². The summed E-state index contributed by atoms with van der Waals surface area (Å²) < 4.78 is 18.8. The summed E-state index contributed by atoms with van der Waals surface area (Å²) >= 11 is 0. The van der Waals surface area contributed by atoms with E-state index < -0.39 is 0 Å². The molecule has 0 spiro atoms. The van der Waals surface area contributed by atoms with Gasteiger partial charge in [-0.2, -0.15) is 0 Å². The van der Waals surface area contributed by atoms with Crippen molar-refractivity contribution in [2.24, 2.45) is 0 Å². The quantitative estimate of drug-likeness (QED) is 0.843. The molecule has 1 atom stereocenters. The van der Waals surface area contributed by atoms with Gasteiger partial charge in [0.15, 0.2) is 0 Å². The maximum atomic E-state index is 13.1. The Morgan fingerprint density at radius 1 is 1.03 bits per heavy atom. The Balaban J connectivity index is 1.27. The molecule has 0 saturated carbocycles. The molecule has 0 radical (unpaired) electrons. The molecule has 1 fully saturated rings. The predicted molar refractivity (Wildman–Crippen MR) is 110 cm³/mol. The van der Waals surface area contributed by atoms with E-state index in [2.05, 4.69) is 15.1 Å². The maximum absolute atomic E-state index is 13.1. The molecule has 2 aliphatic rings. The second-order valence-electron chi connectivity index (χ2n) is 7.83. The third kappa shape index (κ3) is 5.34. The number of nitrogens with one attached hydrogen (secondary N) is 1. The van der Waals surface area contributed by atoms with Gasteiger partial charge in [0.05, 0.1) is 19.2 Å². The fourth-order valence-electron chi connectivity index (χ4n) is 4.12. The van der Waals surface area contributed by atoms with Crippen LogP contribution < -0.4 is 10.1 Å². The number of carbonyl (C=O) groups excluding carboxylic acids is 1. The highest BCUT2D eigenvalue weighted by molar-refractivity contribution is 5.78. The number of carbonyl (C=O) groups is 1. The minimum absolute atomic E-state index is 0.0226. The summed E-state index contributed by atoms with van der Waals surface area (Å²) in [6.07, 6.45) is 1.82. The molecule has 1 N–H and O–H groups in total. The fraction of sp³-hybridized carbons (Fsp3) is 0.435. The zero-order valence-corrected chi connectivity index (χ0v) is 16.6. The van der Waals surface area contributed by atoms with Crippen LogP contribution in [0.4, 0.5) is 4.39 Å². The number of rotatable bonds is 5. The van der Waals surface area contributed by atoms with E-state index in [1.165, 1.54) is 12.1 Å². The van der Waals surface area contributed by atoms with Gasteiger partial charge < -0.3 is 10.1 Å². The number of benzene rings is 2. The molecule has 4 rings (SSSR count). The molecule has 0 aliphatic carbocycles. The Bertz CT molecular complexity index is 827. The number of amides is 1. The van der Waals surface area contributed by atoms with Crippen LogP contribution in [0.15, 0.2) is 48.5 Å². The van der Waals surface area contributed by atoms with E-state index in [4.69, 9.17) is 4.74 Å². The third-order valence-electron chi connectivity index (χ3n) is 5.66. The Morgan fingerprint density at radius 3 is 2.66 bits per heavy atom. The lowest BCUT2D eigenvalue weighted by Crippen LogP contribution is -2.41. The number of para-hydroxylation sites is 1. The highest BCUT2D eigenvalue weighted by Crippen LogP contribution is 2.31. The van der Waals surface area contributed by atoms with Crippen molar-refractivity contribution in [1.29, 1.82) is 0 Å². The summed E-state index contributed by atoms with van der Waals surface area (Å²) in [7, 11) is 0. The molecule has 0 aromatic heterocycles. The van der Waals surface area contributed by atoms with Crippen molar-refractivity contribution in [1.82, 2.24) is 15.1 Å². The average molecular weight is 397 g/mol. The van der Waals surface area contributed by atoms with Gasteiger partial charge in [-0.3, -0.25) is 14.6 Å². The second-order valence-corrected chi connectivity index (χ2v) is 7.83. The Kier molecular flexibility index (Phi) is 6.42. The number of halogens is 1. The van der Waals surface area contributed by atoms with Crippen LogP contribution in [0.25, 0.3) is 0 Å². The number of ether oxygens (including phenoxy) is 1. The zero-order chi connectivity index (χ0) is 20.1.